The first kappa shape index (κ1) is 12.5. The molecule has 1 aromatic carbocycles. The SMILES string of the molecule is NC(CNc1ccc(Br)cc1Br)C(=O)O. The third-order valence-electron chi connectivity index (χ3n) is 1.76. The van der Waals surface area contributed by atoms with Gasteiger partial charge in [-0.3, -0.25) is 4.79 Å². The summed E-state index contributed by atoms with van der Waals surface area (Å²) >= 11 is 6.68. The molecule has 0 saturated carbocycles. The minimum Gasteiger partial charge on any atom is -0.480 e. The van der Waals surface area contributed by atoms with Crippen LogP contribution in [0.1, 0.15) is 0 Å². The fraction of sp³-hybridized carbons (Fsp3) is 0.222. The molecule has 1 aromatic rings. The van der Waals surface area contributed by atoms with Crippen molar-refractivity contribution in [2.45, 2.75) is 6.04 Å². The number of rotatable bonds is 4. The Morgan fingerprint density at radius 3 is 2.73 bits per heavy atom. The van der Waals surface area contributed by atoms with E-state index in [0.717, 1.165) is 14.6 Å². The van der Waals surface area contributed by atoms with E-state index in [2.05, 4.69) is 37.2 Å². The maximum absolute atomic E-state index is 10.5. The van der Waals surface area contributed by atoms with Crippen molar-refractivity contribution in [2.75, 3.05) is 11.9 Å². The Morgan fingerprint density at radius 1 is 1.53 bits per heavy atom. The Hall–Kier alpha value is -0.590. The summed E-state index contributed by atoms with van der Waals surface area (Å²) in [6, 6.07) is 4.66. The van der Waals surface area contributed by atoms with Gasteiger partial charge in [0.25, 0.3) is 0 Å². The first-order valence-electron chi connectivity index (χ1n) is 4.18. The van der Waals surface area contributed by atoms with E-state index in [9.17, 15) is 4.79 Å². The number of nitrogens with one attached hydrogen (secondary N) is 1. The second-order valence-electron chi connectivity index (χ2n) is 2.95. The summed E-state index contributed by atoms with van der Waals surface area (Å²) in [4.78, 5) is 10.5. The number of benzene rings is 1. The van der Waals surface area contributed by atoms with Gasteiger partial charge in [0.2, 0.25) is 0 Å². The normalized spacial score (nSPS) is 12.2. The van der Waals surface area contributed by atoms with Crippen LogP contribution in [0.2, 0.25) is 0 Å². The van der Waals surface area contributed by atoms with E-state index in [1.807, 2.05) is 18.2 Å². The van der Waals surface area contributed by atoms with Crippen molar-refractivity contribution in [2.24, 2.45) is 5.73 Å². The molecular weight excluding hydrogens is 328 g/mol. The Labute approximate surface area is 104 Å². The smallest absolute Gasteiger partial charge is 0.322 e. The summed E-state index contributed by atoms with van der Waals surface area (Å²) in [6.07, 6.45) is 0. The van der Waals surface area contributed by atoms with E-state index in [0.29, 0.717) is 0 Å². The van der Waals surface area contributed by atoms with Gasteiger partial charge in [0, 0.05) is 21.2 Å². The van der Waals surface area contributed by atoms with Crippen LogP contribution >= 0.6 is 31.9 Å². The van der Waals surface area contributed by atoms with Gasteiger partial charge in [0.15, 0.2) is 0 Å². The van der Waals surface area contributed by atoms with Crippen molar-refractivity contribution < 1.29 is 9.90 Å². The van der Waals surface area contributed by atoms with E-state index in [4.69, 9.17) is 10.8 Å². The number of hydrogen-bond acceptors (Lipinski definition) is 3. The minimum atomic E-state index is -1.02. The third kappa shape index (κ3) is 3.81. The molecule has 1 atom stereocenters. The summed E-state index contributed by atoms with van der Waals surface area (Å²) in [6.45, 7) is 0.190. The molecule has 0 aliphatic carbocycles. The second-order valence-corrected chi connectivity index (χ2v) is 4.72. The molecule has 0 amide bonds. The van der Waals surface area contributed by atoms with Crippen molar-refractivity contribution in [3.05, 3.63) is 27.1 Å². The third-order valence-corrected chi connectivity index (χ3v) is 2.91. The number of carbonyl (C=O) groups is 1. The highest BCUT2D eigenvalue weighted by molar-refractivity contribution is 9.11. The molecular formula is C9H10Br2N2O2. The predicted molar refractivity (Wildman–Crippen MR) is 65.9 cm³/mol. The fourth-order valence-electron chi connectivity index (χ4n) is 0.940. The minimum absolute atomic E-state index is 0.190. The van der Waals surface area contributed by atoms with Crippen LogP contribution < -0.4 is 11.1 Å². The number of aliphatic carboxylic acids is 1. The van der Waals surface area contributed by atoms with Gasteiger partial charge in [-0.25, -0.2) is 0 Å². The Bertz CT molecular complexity index is 371. The predicted octanol–water partition coefficient (Wildman–Crippen LogP) is 2.04. The molecule has 82 valence electrons. The summed E-state index contributed by atoms with van der Waals surface area (Å²) < 4.78 is 1.80. The largest absolute Gasteiger partial charge is 0.480 e. The highest BCUT2D eigenvalue weighted by Gasteiger charge is 2.11. The van der Waals surface area contributed by atoms with Crippen LogP contribution in [-0.4, -0.2) is 23.7 Å². The second kappa shape index (κ2) is 5.48. The van der Waals surface area contributed by atoms with Crippen molar-refractivity contribution in [1.29, 1.82) is 0 Å². The average molecular weight is 338 g/mol. The molecule has 0 fully saturated rings. The molecule has 0 bridgehead atoms. The van der Waals surface area contributed by atoms with Crippen molar-refractivity contribution in [3.63, 3.8) is 0 Å². The first-order chi connectivity index (χ1) is 7.00. The van der Waals surface area contributed by atoms with Crippen LogP contribution in [-0.2, 0) is 4.79 Å². The average Bonchev–Trinajstić information content (AvgIpc) is 2.15. The van der Waals surface area contributed by atoms with Crippen molar-refractivity contribution in [3.8, 4) is 0 Å². The molecule has 0 spiro atoms. The molecule has 1 unspecified atom stereocenters. The standard InChI is InChI=1S/C9H10Br2N2O2/c10-5-1-2-8(6(11)3-5)13-4-7(12)9(14)15/h1-3,7,13H,4,12H2,(H,14,15). The number of halogens is 2. The first-order valence-corrected chi connectivity index (χ1v) is 5.76. The van der Waals surface area contributed by atoms with Crippen LogP contribution in [0.15, 0.2) is 27.1 Å². The fourth-order valence-corrected chi connectivity index (χ4v) is 2.13. The van der Waals surface area contributed by atoms with Crippen LogP contribution in [0.3, 0.4) is 0 Å². The molecule has 0 aromatic heterocycles. The molecule has 6 heteroatoms. The molecule has 4 N–H and O–H groups in total. The molecule has 1 rings (SSSR count). The number of carboxylic acid groups (broad SMARTS) is 1. The zero-order chi connectivity index (χ0) is 11.4. The molecule has 0 aliphatic rings. The Kier molecular flexibility index (Phi) is 4.56. The summed E-state index contributed by atoms with van der Waals surface area (Å²) in [5.74, 6) is -1.02. The summed E-state index contributed by atoms with van der Waals surface area (Å²) in [7, 11) is 0. The highest BCUT2D eigenvalue weighted by atomic mass is 79.9. The van der Waals surface area contributed by atoms with E-state index in [1.54, 1.807) is 0 Å². The molecule has 0 aliphatic heterocycles. The van der Waals surface area contributed by atoms with E-state index in [1.165, 1.54) is 0 Å². The van der Waals surface area contributed by atoms with Gasteiger partial charge in [0.1, 0.15) is 6.04 Å². The van der Waals surface area contributed by atoms with Crippen LogP contribution in [0.5, 0.6) is 0 Å². The van der Waals surface area contributed by atoms with Gasteiger partial charge in [-0.2, -0.15) is 0 Å². The van der Waals surface area contributed by atoms with Crippen LogP contribution in [0.4, 0.5) is 5.69 Å². The summed E-state index contributed by atoms with van der Waals surface area (Å²) in [5.41, 5.74) is 6.17. The zero-order valence-corrected chi connectivity index (χ0v) is 10.9. The molecule has 0 radical (unpaired) electrons. The quantitative estimate of drug-likeness (QED) is 0.785. The van der Waals surface area contributed by atoms with Crippen LogP contribution in [0.25, 0.3) is 0 Å². The lowest BCUT2D eigenvalue weighted by atomic mass is 10.3. The number of hydrogen-bond donors (Lipinski definition) is 3. The van der Waals surface area contributed by atoms with E-state index >= 15 is 0 Å². The Morgan fingerprint density at radius 2 is 2.20 bits per heavy atom. The molecule has 15 heavy (non-hydrogen) atoms. The van der Waals surface area contributed by atoms with Gasteiger partial charge in [-0.15, -0.1) is 0 Å². The van der Waals surface area contributed by atoms with Gasteiger partial charge < -0.3 is 16.2 Å². The van der Waals surface area contributed by atoms with E-state index < -0.39 is 12.0 Å². The highest BCUT2D eigenvalue weighted by Crippen LogP contribution is 2.25. The van der Waals surface area contributed by atoms with E-state index in [-0.39, 0.29) is 6.54 Å². The van der Waals surface area contributed by atoms with Gasteiger partial charge in [0.05, 0.1) is 0 Å². The number of nitrogens with two attached hydrogens (primary N) is 1. The zero-order valence-electron chi connectivity index (χ0n) is 7.71. The lowest BCUT2D eigenvalue weighted by Gasteiger charge is -2.11. The van der Waals surface area contributed by atoms with Crippen molar-refractivity contribution in [1.82, 2.24) is 0 Å². The topological polar surface area (TPSA) is 75.3 Å². The van der Waals surface area contributed by atoms with Crippen molar-refractivity contribution >= 4 is 43.5 Å². The maximum Gasteiger partial charge on any atom is 0.322 e. The molecule has 0 heterocycles. The lowest BCUT2D eigenvalue weighted by molar-refractivity contribution is -0.138. The lowest BCUT2D eigenvalue weighted by Crippen LogP contribution is -2.36. The molecule has 4 nitrogen and oxygen atoms in total. The molecule has 0 saturated heterocycles. The van der Waals surface area contributed by atoms with Gasteiger partial charge in [-0.05, 0) is 34.1 Å². The number of carboxylic acids is 1. The van der Waals surface area contributed by atoms with Gasteiger partial charge in [-0.1, -0.05) is 15.9 Å². The maximum atomic E-state index is 10.5. The monoisotopic (exact) mass is 336 g/mol. The summed E-state index contributed by atoms with van der Waals surface area (Å²) in [5, 5.41) is 11.5. The van der Waals surface area contributed by atoms with Crippen LogP contribution in [0, 0.1) is 0 Å². The van der Waals surface area contributed by atoms with Gasteiger partial charge >= 0.3 is 5.97 Å². The number of anilines is 1. The Balaban J connectivity index is 2.62.